The van der Waals surface area contributed by atoms with Gasteiger partial charge in [-0.25, -0.2) is 4.98 Å². The third-order valence-corrected chi connectivity index (χ3v) is 5.05. The summed E-state index contributed by atoms with van der Waals surface area (Å²) < 4.78 is 7.47. The fraction of sp³-hybridized carbons (Fsp3) is 0.160. The average Bonchev–Trinajstić information content (AvgIpc) is 2.77. The largest absolute Gasteiger partial charge is 0.481 e. The molecule has 6 heteroatoms. The van der Waals surface area contributed by atoms with Crippen molar-refractivity contribution in [1.82, 2.24) is 9.55 Å². The van der Waals surface area contributed by atoms with Crippen LogP contribution in [0.2, 0.25) is 0 Å². The Morgan fingerprint density at radius 3 is 2.35 bits per heavy atom. The standard InChI is InChI=1S/C25H22N2O4/c1-17-25(30)27(15-5-8-24(28)29)23-16-19(11-14-22(23)26-17)18-9-12-21(13-10-18)31-20-6-3-2-4-7-20/h2-4,6-7,9-14,16H,5,8,15H2,1H3,(H,28,29). The summed E-state index contributed by atoms with van der Waals surface area (Å²) in [6.45, 7) is 2.01. The molecule has 0 fully saturated rings. The van der Waals surface area contributed by atoms with Gasteiger partial charge in [0.05, 0.1) is 11.0 Å². The van der Waals surface area contributed by atoms with Gasteiger partial charge in [0.1, 0.15) is 17.2 Å². The maximum Gasteiger partial charge on any atom is 0.303 e. The van der Waals surface area contributed by atoms with Crippen molar-refractivity contribution in [3.8, 4) is 22.6 Å². The van der Waals surface area contributed by atoms with Gasteiger partial charge in [-0.3, -0.25) is 9.59 Å². The molecule has 31 heavy (non-hydrogen) atoms. The third-order valence-electron chi connectivity index (χ3n) is 5.05. The summed E-state index contributed by atoms with van der Waals surface area (Å²) in [5, 5.41) is 8.93. The molecule has 1 N–H and O–H groups in total. The lowest BCUT2D eigenvalue weighted by atomic mass is 10.0. The molecule has 0 unspecified atom stereocenters. The number of hydrogen-bond acceptors (Lipinski definition) is 4. The number of carboxylic acid groups (broad SMARTS) is 1. The number of rotatable bonds is 7. The molecule has 0 spiro atoms. The van der Waals surface area contributed by atoms with E-state index in [-0.39, 0.29) is 12.0 Å². The van der Waals surface area contributed by atoms with Crippen LogP contribution in [0.1, 0.15) is 18.5 Å². The van der Waals surface area contributed by atoms with Crippen LogP contribution in [0.4, 0.5) is 0 Å². The van der Waals surface area contributed by atoms with Gasteiger partial charge in [-0.2, -0.15) is 0 Å². The van der Waals surface area contributed by atoms with Gasteiger partial charge < -0.3 is 14.4 Å². The number of fused-ring (bicyclic) bond motifs is 1. The minimum atomic E-state index is -0.873. The molecule has 0 atom stereocenters. The molecule has 1 heterocycles. The smallest absolute Gasteiger partial charge is 0.303 e. The van der Waals surface area contributed by atoms with E-state index >= 15 is 0 Å². The van der Waals surface area contributed by atoms with E-state index in [1.54, 1.807) is 11.5 Å². The van der Waals surface area contributed by atoms with E-state index in [1.165, 1.54) is 0 Å². The zero-order valence-corrected chi connectivity index (χ0v) is 17.1. The molecule has 0 saturated heterocycles. The second kappa shape index (κ2) is 8.83. The summed E-state index contributed by atoms with van der Waals surface area (Å²) in [5.74, 6) is 0.632. The average molecular weight is 414 g/mol. The van der Waals surface area contributed by atoms with Crippen molar-refractivity contribution in [1.29, 1.82) is 0 Å². The molecule has 4 aromatic rings. The highest BCUT2D eigenvalue weighted by molar-refractivity contribution is 5.82. The van der Waals surface area contributed by atoms with E-state index < -0.39 is 5.97 Å². The Labute approximate surface area is 179 Å². The summed E-state index contributed by atoms with van der Waals surface area (Å²) in [7, 11) is 0. The molecule has 0 aliphatic heterocycles. The van der Waals surface area contributed by atoms with Crippen LogP contribution in [0.3, 0.4) is 0 Å². The topological polar surface area (TPSA) is 81.4 Å². The van der Waals surface area contributed by atoms with Crippen molar-refractivity contribution in [2.75, 3.05) is 0 Å². The quantitative estimate of drug-likeness (QED) is 0.459. The van der Waals surface area contributed by atoms with E-state index in [0.717, 1.165) is 22.6 Å². The van der Waals surface area contributed by atoms with Crippen molar-refractivity contribution in [2.45, 2.75) is 26.3 Å². The lowest BCUT2D eigenvalue weighted by Crippen LogP contribution is -2.24. The summed E-state index contributed by atoms with van der Waals surface area (Å²) in [6.07, 6.45) is 0.390. The Kier molecular flexibility index (Phi) is 5.80. The van der Waals surface area contributed by atoms with Gasteiger partial charge >= 0.3 is 5.97 Å². The maximum absolute atomic E-state index is 12.7. The van der Waals surface area contributed by atoms with E-state index in [1.807, 2.05) is 72.8 Å². The zero-order chi connectivity index (χ0) is 21.8. The van der Waals surface area contributed by atoms with E-state index in [9.17, 15) is 9.59 Å². The van der Waals surface area contributed by atoms with Crippen LogP contribution in [-0.2, 0) is 11.3 Å². The molecule has 156 valence electrons. The molecular formula is C25H22N2O4. The fourth-order valence-electron chi connectivity index (χ4n) is 3.50. The number of nitrogens with zero attached hydrogens (tertiary/aromatic N) is 2. The van der Waals surface area contributed by atoms with Gasteiger partial charge in [0, 0.05) is 13.0 Å². The summed E-state index contributed by atoms with van der Waals surface area (Å²) in [4.78, 5) is 27.9. The van der Waals surface area contributed by atoms with Gasteiger partial charge in [-0.05, 0) is 60.9 Å². The van der Waals surface area contributed by atoms with Crippen LogP contribution >= 0.6 is 0 Å². The lowest BCUT2D eigenvalue weighted by Gasteiger charge is -2.12. The Morgan fingerprint density at radius 2 is 1.65 bits per heavy atom. The lowest BCUT2D eigenvalue weighted by molar-refractivity contribution is -0.137. The van der Waals surface area contributed by atoms with Crippen molar-refractivity contribution < 1.29 is 14.6 Å². The van der Waals surface area contributed by atoms with Crippen LogP contribution in [0.15, 0.2) is 77.6 Å². The number of benzene rings is 3. The molecule has 6 nitrogen and oxygen atoms in total. The number of aromatic nitrogens is 2. The Bertz CT molecular complexity index is 1280. The predicted molar refractivity (Wildman–Crippen MR) is 120 cm³/mol. The second-order valence-electron chi connectivity index (χ2n) is 7.29. The molecule has 0 bridgehead atoms. The van der Waals surface area contributed by atoms with Crippen LogP contribution in [-0.4, -0.2) is 20.6 Å². The summed E-state index contributed by atoms with van der Waals surface area (Å²) >= 11 is 0. The van der Waals surface area contributed by atoms with Crippen molar-refractivity contribution in [3.05, 3.63) is 88.8 Å². The molecule has 1 aromatic heterocycles. The summed E-state index contributed by atoms with van der Waals surface area (Å²) in [6, 6.07) is 23.1. The first-order valence-electron chi connectivity index (χ1n) is 10.1. The first kappa shape index (κ1) is 20.3. The van der Waals surface area contributed by atoms with Crippen LogP contribution < -0.4 is 10.3 Å². The highest BCUT2D eigenvalue weighted by Crippen LogP contribution is 2.27. The van der Waals surface area contributed by atoms with Gasteiger partial charge in [0.15, 0.2) is 0 Å². The third kappa shape index (κ3) is 4.64. The molecule has 0 aliphatic rings. The highest BCUT2D eigenvalue weighted by atomic mass is 16.5. The van der Waals surface area contributed by atoms with E-state index in [2.05, 4.69) is 4.98 Å². The number of ether oxygens (including phenoxy) is 1. The van der Waals surface area contributed by atoms with Crippen molar-refractivity contribution in [3.63, 3.8) is 0 Å². The monoisotopic (exact) mass is 414 g/mol. The van der Waals surface area contributed by atoms with Gasteiger partial charge in [-0.1, -0.05) is 36.4 Å². The minimum Gasteiger partial charge on any atom is -0.481 e. The number of aliphatic carboxylic acids is 1. The number of carboxylic acids is 1. The van der Waals surface area contributed by atoms with E-state index in [0.29, 0.717) is 29.7 Å². The first-order valence-corrected chi connectivity index (χ1v) is 10.1. The molecule has 0 saturated carbocycles. The Morgan fingerprint density at radius 1 is 0.968 bits per heavy atom. The molecular weight excluding hydrogens is 392 g/mol. The predicted octanol–water partition coefficient (Wildman–Crippen LogP) is 5.03. The zero-order valence-electron chi connectivity index (χ0n) is 17.1. The molecule has 4 rings (SSSR count). The van der Waals surface area contributed by atoms with Crippen molar-refractivity contribution >= 4 is 17.0 Å². The Hall–Kier alpha value is -3.93. The number of para-hydroxylation sites is 1. The molecule has 0 aliphatic carbocycles. The van der Waals surface area contributed by atoms with E-state index in [4.69, 9.17) is 9.84 Å². The summed E-state index contributed by atoms with van der Waals surface area (Å²) in [5.41, 5.74) is 3.53. The van der Waals surface area contributed by atoms with Gasteiger partial charge in [-0.15, -0.1) is 0 Å². The SMILES string of the molecule is Cc1nc2ccc(-c3ccc(Oc4ccccc4)cc3)cc2n(CCCC(=O)O)c1=O. The first-order chi connectivity index (χ1) is 15.0. The normalized spacial score (nSPS) is 10.9. The van der Waals surface area contributed by atoms with Gasteiger partial charge in [0.25, 0.3) is 5.56 Å². The molecule has 0 radical (unpaired) electrons. The van der Waals surface area contributed by atoms with Crippen LogP contribution in [0.5, 0.6) is 11.5 Å². The van der Waals surface area contributed by atoms with Crippen LogP contribution in [0.25, 0.3) is 22.2 Å². The second-order valence-corrected chi connectivity index (χ2v) is 7.29. The highest BCUT2D eigenvalue weighted by Gasteiger charge is 2.11. The molecule has 3 aromatic carbocycles. The number of carbonyl (C=O) groups is 1. The Balaban J connectivity index is 1.65. The minimum absolute atomic E-state index is 0.0118. The fourth-order valence-corrected chi connectivity index (χ4v) is 3.50. The van der Waals surface area contributed by atoms with Crippen LogP contribution in [0, 0.1) is 6.92 Å². The van der Waals surface area contributed by atoms with Crippen molar-refractivity contribution in [2.24, 2.45) is 0 Å². The number of hydrogen-bond donors (Lipinski definition) is 1. The maximum atomic E-state index is 12.7. The number of aryl methyl sites for hydroxylation is 2. The van der Waals surface area contributed by atoms with Gasteiger partial charge in [0.2, 0.25) is 0 Å². The molecule has 0 amide bonds.